The molecule has 0 unspecified atom stereocenters. The average Bonchev–Trinajstić information content (AvgIpc) is 3.52. The van der Waals surface area contributed by atoms with Crippen molar-refractivity contribution in [3.63, 3.8) is 0 Å². The Balaban J connectivity index is 1.47. The first-order valence-electron chi connectivity index (χ1n) is 10.9. The van der Waals surface area contributed by atoms with Gasteiger partial charge in [0.1, 0.15) is 0 Å². The van der Waals surface area contributed by atoms with E-state index in [9.17, 15) is 0 Å². The van der Waals surface area contributed by atoms with Gasteiger partial charge >= 0.3 is 0 Å². The maximum atomic E-state index is 5.68. The summed E-state index contributed by atoms with van der Waals surface area (Å²) >= 11 is 0. The third-order valence-electron chi connectivity index (χ3n) is 5.50. The second-order valence-corrected chi connectivity index (χ2v) is 7.75. The van der Waals surface area contributed by atoms with E-state index in [1.165, 1.54) is 11.1 Å². The van der Waals surface area contributed by atoms with Crippen LogP contribution >= 0.6 is 0 Å². The number of hydrogen-bond donors (Lipinski definition) is 1. The van der Waals surface area contributed by atoms with Crippen molar-refractivity contribution in [1.29, 1.82) is 0 Å². The summed E-state index contributed by atoms with van der Waals surface area (Å²) in [5.74, 6) is 1.00. The Morgan fingerprint density at radius 3 is 2.42 bits per heavy atom. The quantitative estimate of drug-likeness (QED) is 0.382. The van der Waals surface area contributed by atoms with Crippen LogP contribution in [0.1, 0.15) is 11.1 Å². The molecule has 0 saturated carbocycles. The summed E-state index contributed by atoms with van der Waals surface area (Å²) in [6.07, 6.45) is 6.22. The number of hydrogen-bond acceptors (Lipinski definition) is 6. The van der Waals surface area contributed by atoms with E-state index in [0.717, 1.165) is 41.9 Å². The SMILES string of the molecule is CNCc1ccc(-c2noc(-c3cnn(CCc4ccccc4)c3-c3ccncc3)n2)cc1. The van der Waals surface area contributed by atoms with Crippen LogP contribution in [0.4, 0.5) is 0 Å². The van der Waals surface area contributed by atoms with Crippen LogP contribution in [0.25, 0.3) is 34.1 Å². The van der Waals surface area contributed by atoms with Crippen molar-refractivity contribution in [3.05, 3.63) is 96.4 Å². The molecular formula is C26H24N6O. The van der Waals surface area contributed by atoms with E-state index in [-0.39, 0.29) is 0 Å². The van der Waals surface area contributed by atoms with E-state index in [2.05, 4.69) is 61.9 Å². The normalized spacial score (nSPS) is 11.1. The average molecular weight is 437 g/mol. The van der Waals surface area contributed by atoms with E-state index in [1.807, 2.05) is 42.1 Å². The molecule has 3 aromatic heterocycles. The lowest BCUT2D eigenvalue weighted by molar-refractivity contribution is 0.432. The van der Waals surface area contributed by atoms with Gasteiger partial charge < -0.3 is 9.84 Å². The Kier molecular flexibility index (Phi) is 6.04. The molecule has 7 nitrogen and oxygen atoms in total. The van der Waals surface area contributed by atoms with Crippen LogP contribution in [0.3, 0.4) is 0 Å². The summed E-state index contributed by atoms with van der Waals surface area (Å²) < 4.78 is 7.67. The van der Waals surface area contributed by atoms with E-state index in [4.69, 9.17) is 4.52 Å². The van der Waals surface area contributed by atoms with Gasteiger partial charge in [-0.15, -0.1) is 0 Å². The molecular weight excluding hydrogens is 412 g/mol. The summed E-state index contributed by atoms with van der Waals surface area (Å²) in [6.45, 7) is 1.55. The molecule has 3 heterocycles. The molecule has 0 aliphatic heterocycles. The highest BCUT2D eigenvalue weighted by Gasteiger charge is 2.20. The molecule has 0 spiro atoms. The van der Waals surface area contributed by atoms with Gasteiger partial charge in [0.2, 0.25) is 5.82 Å². The summed E-state index contributed by atoms with van der Waals surface area (Å²) in [7, 11) is 1.93. The molecule has 0 atom stereocenters. The van der Waals surface area contributed by atoms with E-state index < -0.39 is 0 Å². The van der Waals surface area contributed by atoms with Crippen LogP contribution in [0.5, 0.6) is 0 Å². The van der Waals surface area contributed by atoms with Crippen LogP contribution in [-0.4, -0.2) is 32.0 Å². The smallest absolute Gasteiger partial charge is 0.262 e. The minimum absolute atomic E-state index is 0.446. The lowest BCUT2D eigenvalue weighted by atomic mass is 10.1. The lowest BCUT2D eigenvalue weighted by Crippen LogP contribution is -2.05. The number of aromatic nitrogens is 5. The zero-order valence-electron chi connectivity index (χ0n) is 18.3. The highest BCUT2D eigenvalue weighted by atomic mass is 16.5. The molecule has 0 aliphatic rings. The summed E-state index contributed by atoms with van der Waals surface area (Å²) in [6, 6.07) is 22.5. The van der Waals surface area contributed by atoms with Gasteiger partial charge in [0.15, 0.2) is 0 Å². The predicted molar refractivity (Wildman–Crippen MR) is 127 cm³/mol. The molecule has 33 heavy (non-hydrogen) atoms. The van der Waals surface area contributed by atoms with Gasteiger partial charge in [0.05, 0.1) is 17.5 Å². The van der Waals surface area contributed by atoms with Crippen molar-refractivity contribution < 1.29 is 4.52 Å². The van der Waals surface area contributed by atoms with E-state index in [0.29, 0.717) is 11.7 Å². The third kappa shape index (κ3) is 4.58. The second kappa shape index (κ2) is 9.58. The molecule has 0 fully saturated rings. The Bertz CT molecular complexity index is 1310. The fourth-order valence-corrected chi connectivity index (χ4v) is 3.83. The number of nitrogens with zero attached hydrogens (tertiary/aromatic N) is 5. The van der Waals surface area contributed by atoms with Crippen LogP contribution in [-0.2, 0) is 19.5 Å². The van der Waals surface area contributed by atoms with Gasteiger partial charge in [0, 0.05) is 36.6 Å². The van der Waals surface area contributed by atoms with Crippen molar-refractivity contribution in [2.45, 2.75) is 19.5 Å². The Labute approximate surface area is 192 Å². The number of aryl methyl sites for hydroxylation is 2. The molecule has 0 bridgehead atoms. The van der Waals surface area contributed by atoms with Crippen molar-refractivity contribution in [3.8, 4) is 34.1 Å². The molecule has 1 N–H and O–H groups in total. The highest BCUT2D eigenvalue weighted by molar-refractivity contribution is 5.77. The van der Waals surface area contributed by atoms with Gasteiger partial charge in [-0.05, 0) is 36.7 Å². The summed E-state index contributed by atoms with van der Waals surface area (Å²) in [4.78, 5) is 8.84. The van der Waals surface area contributed by atoms with Gasteiger partial charge in [-0.3, -0.25) is 9.67 Å². The van der Waals surface area contributed by atoms with Crippen molar-refractivity contribution in [2.24, 2.45) is 0 Å². The van der Waals surface area contributed by atoms with E-state index >= 15 is 0 Å². The minimum Gasteiger partial charge on any atom is -0.333 e. The first kappa shape index (κ1) is 20.8. The van der Waals surface area contributed by atoms with Crippen molar-refractivity contribution in [1.82, 2.24) is 30.2 Å². The first-order chi connectivity index (χ1) is 16.3. The van der Waals surface area contributed by atoms with Gasteiger partial charge in [0.25, 0.3) is 5.89 Å². The predicted octanol–water partition coefficient (Wildman–Crippen LogP) is 4.62. The fraction of sp³-hybridized carbons (Fsp3) is 0.154. The minimum atomic E-state index is 0.446. The molecule has 0 saturated heterocycles. The van der Waals surface area contributed by atoms with Crippen LogP contribution in [0, 0.1) is 0 Å². The Morgan fingerprint density at radius 2 is 1.67 bits per heavy atom. The standard InChI is InChI=1S/C26H24N6O/c1-27-17-20-7-9-22(10-8-20)25-30-26(33-31-25)23-18-29-32(16-13-19-5-3-2-4-6-19)24(23)21-11-14-28-15-12-21/h2-12,14-15,18,27H,13,16-17H2,1H3. The maximum Gasteiger partial charge on any atom is 0.262 e. The fourth-order valence-electron chi connectivity index (χ4n) is 3.83. The van der Waals surface area contributed by atoms with E-state index in [1.54, 1.807) is 18.6 Å². The molecule has 5 aromatic rings. The second-order valence-electron chi connectivity index (χ2n) is 7.75. The number of nitrogens with one attached hydrogen (secondary N) is 1. The van der Waals surface area contributed by atoms with Gasteiger partial charge in [-0.25, -0.2) is 0 Å². The highest BCUT2D eigenvalue weighted by Crippen LogP contribution is 2.32. The first-order valence-corrected chi connectivity index (χ1v) is 10.9. The van der Waals surface area contributed by atoms with Crippen molar-refractivity contribution in [2.75, 3.05) is 7.05 Å². The number of benzene rings is 2. The summed E-state index contributed by atoms with van der Waals surface area (Å²) in [5.41, 5.74) is 6.11. The third-order valence-corrected chi connectivity index (χ3v) is 5.50. The molecule has 7 heteroatoms. The lowest BCUT2D eigenvalue weighted by Gasteiger charge is -2.09. The largest absolute Gasteiger partial charge is 0.333 e. The van der Waals surface area contributed by atoms with Gasteiger partial charge in [-0.1, -0.05) is 59.8 Å². The monoisotopic (exact) mass is 436 g/mol. The van der Waals surface area contributed by atoms with Crippen LogP contribution in [0.2, 0.25) is 0 Å². The summed E-state index contributed by atoms with van der Waals surface area (Å²) in [5, 5.41) is 12.0. The number of rotatable bonds is 8. The molecule has 0 aliphatic carbocycles. The van der Waals surface area contributed by atoms with Crippen LogP contribution < -0.4 is 5.32 Å². The zero-order chi connectivity index (χ0) is 22.5. The molecule has 164 valence electrons. The van der Waals surface area contributed by atoms with Crippen molar-refractivity contribution >= 4 is 0 Å². The molecule has 5 rings (SSSR count). The topological polar surface area (TPSA) is 81.7 Å². The zero-order valence-corrected chi connectivity index (χ0v) is 18.3. The van der Waals surface area contributed by atoms with Gasteiger partial charge in [-0.2, -0.15) is 10.1 Å². The molecule has 2 aromatic carbocycles. The molecule has 0 amide bonds. The Hall–Kier alpha value is -4.10. The van der Waals surface area contributed by atoms with Crippen LogP contribution in [0.15, 0.2) is 89.8 Å². The Morgan fingerprint density at radius 1 is 0.879 bits per heavy atom. The number of pyridine rings is 1. The maximum absolute atomic E-state index is 5.68. The molecule has 0 radical (unpaired) electrons.